The van der Waals surface area contributed by atoms with E-state index in [0.717, 1.165) is 29.7 Å². The standard InChI is InChI=1S/C19H23BrN2O2/c1-2-22(14-17-9-6-10-18(20)13-17)12-11-21-19(23)24-15-16-7-4-3-5-8-16/h3-10,13H,2,11-12,14-15H2,1H3,(H,21,23). The van der Waals surface area contributed by atoms with Gasteiger partial charge in [-0.25, -0.2) is 4.79 Å². The third-order valence-electron chi connectivity index (χ3n) is 3.65. The summed E-state index contributed by atoms with van der Waals surface area (Å²) in [5.41, 5.74) is 2.23. The van der Waals surface area contributed by atoms with Gasteiger partial charge in [-0.1, -0.05) is 65.3 Å². The van der Waals surface area contributed by atoms with Gasteiger partial charge in [0.25, 0.3) is 0 Å². The summed E-state index contributed by atoms with van der Waals surface area (Å²) in [6.07, 6.45) is -0.377. The molecule has 0 aromatic heterocycles. The van der Waals surface area contributed by atoms with Crippen LogP contribution in [0.25, 0.3) is 0 Å². The Kier molecular flexibility index (Phi) is 7.79. The van der Waals surface area contributed by atoms with Crippen molar-refractivity contribution >= 4 is 22.0 Å². The van der Waals surface area contributed by atoms with Crippen molar-refractivity contribution in [1.29, 1.82) is 0 Å². The fourth-order valence-corrected chi connectivity index (χ4v) is 2.78. The third-order valence-corrected chi connectivity index (χ3v) is 4.15. The Morgan fingerprint density at radius 3 is 2.58 bits per heavy atom. The summed E-state index contributed by atoms with van der Waals surface area (Å²) in [7, 11) is 0. The third kappa shape index (κ3) is 6.72. The largest absolute Gasteiger partial charge is 0.445 e. The lowest BCUT2D eigenvalue weighted by molar-refractivity contribution is 0.138. The minimum atomic E-state index is -0.377. The number of likely N-dealkylation sites (N-methyl/N-ethyl adjacent to an activating group) is 1. The molecule has 0 aliphatic rings. The quantitative estimate of drug-likeness (QED) is 0.734. The van der Waals surface area contributed by atoms with E-state index in [4.69, 9.17) is 4.74 Å². The molecule has 0 heterocycles. The van der Waals surface area contributed by atoms with Crippen LogP contribution in [0.4, 0.5) is 4.79 Å². The number of ether oxygens (including phenoxy) is 1. The monoisotopic (exact) mass is 390 g/mol. The highest BCUT2D eigenvalue weighted by atomic mass is 79.9. The van der Waals surface area contributed by atoms with Gasteiger partial charge in [0, 0.05) is 24.1 Å². The number of amides is 1. The molecule has 128 valence electrons. The molecule has 24 heavy (non-hydrogen) atoms. The second-order valence-electron chi connectivity index (χ2n) is 5.49. The highest BCUT2D eigenvalue weighted by Gasteiger charge is 2.06. The summed E-state index contributed by atoms with van der Waals surface area (Å²) in [6, 6.07) is 17.9. The fraction of sp³-hybridized carbons (Fsp3) is 0.316. The number of benzene rings is 2. The zero-order valence-electron chi connectivity index (χ0n) is 13.9. The van der Waals surface area contributed by atoms with Gasteiger partial charge in [-0.2, -0.15) is 0 Å². The number of nitrogens with one attached hydrogen (secondary N) is 1. The van der Waals surface area contributed by atoms with Crippen molar-refractivity contribution in [3.8, 4) is 0 Å². The van der Waals surface area contributed by atoms with Crippen LogP contribution in [0, 0.1) is 0 Å². The van der Waals surface area contributed by atoms with E-state index in [1.165, 1.54) is 5.56 Å². The average Bonchev–Trinajstić information content (AvgIpc) is 2.60. The number of alkyl carbamates (subject to hydrolysis) is 1. The SMILES string of the molecule is CCN(CCNC(=O)OCc1ccccc1)Cc1cccc(Br)c1. The molecule has 0 bridgehead atoms. The molecule has 0 atom stereocenters. The maximum absolute atomic E-state index is 11.7. The molecule has 0 fully saturated rings. The Balaban J connectivity index is 1.68. The molecule has 0 saturated heterocycles. The van der Waals surface area contributed by atoms with Crippen LogP contribution in [0.5, 0.6) is 0 Å². The maximum atomic E-state index is 11.7. The fourth-order valence-electron chi connectivity index (χ4n) is 2.33. The first-order valence-corrected chi connectivity index (χ1v) is 8.88. The molecule has 2 aromatic carbocycles. The first-order chi connectivity index (χ1) is 11.7. The normalized spacial score (nSPS) is 10.6. The molecule has 1 N–H and O–H groups in total. The van der Waals surface area contributed by atoms with Crippen LogP contribution in [0.15, 0.2) is 59.1 Å². The van der Waals surface area contributed by atoms with Crippen molar-refractivity contribution in [2.24, 2.45) is 0 Å². The summed E-state index contributed by atoms with van der Waals surface area (Å²) in [4.78, 5) is 14.0. The Bertz CT molecular complexity index is 634. The van der Waals surface area contributed by atoms with Gasteiger partial charge in [0.1, 0.15) is 6.61 Å². The number of carbonyl (C=O) groups excluding carboxylic acids is 1. The second kappa shape index (κ2) is 10.1. The zero-order chi connectivity index (χ0) is 17.2. The molecule has 5 heteroatoms. The first-order valence-electron chi connectivity index (χ1n) is 8.08. The second-order valence-corrected chi connectivity index (χ2v) is 6.40. The highest BCUT2D eigenvalue weighted by molar-refractivity contribution is 9.10. The molecule has 1 amide bonds. The minimum Gasteiger partial charge on any atom is -0.445 e. The highest BCUT2D eigenvalue weighted by Crippen LogP contribution is 2.13. The molecule has 0 unspecified atom stereocenters. The minimum absolute atomic E-state index is 0.294. The Morgan fingerprint density at radius 1 is 1.12 bits per heavy atom. The molecule has 0 aliphatic heterocycles. The topological polar surface area (TPSA) is 41.6 Å². The van der Waals surface area contributed by atoms with Crippen LogP contribution in [0.2, 0.25) is 0 Å². The van der Waals surface area contributed by atoms with Crippen molar-refractivity contribution < 1.29 is 9.53 Å². The van der Waals surface area contributed by atoms with Crippen LogP contribution in [0.3, 0.4) is 0 Å². The molecule has 0 saturated carbocycles. The van der Waals surface area contributed by atoms with Crippen molar-refractivity contribution in [3.05, 3.63) is 70.2 Å². The van der Waals surface area contributed by atoms with Gasteiger partial charge in [0.2, 0.25) is 0 Å². The summed E-state index contributed by atoms with van der Waals surface area (Å²) < 4.78 is 6.28. The summed E-state index contributed by atoms with van der Waals surface area (Å²) in [5.74, 6) is 0. The van der Waals surface area contributed by atoms with Crippen molar-refractivity contribution in [1.82, 2.24) is 10.2 Å². The van der Waals surface area contributed by atoms with Gasteiger partial charge >= 0.3 is 6.09 Å². The number of carbonyl (C=O) groups is 1. The molecule has 4 nitrogen and oxygen atoms in total. The van der Waals surface area contributed by atoms with Crippen LogP contribution >= 0.6 is 15.9 Å². The summed E-state index contributed by atoms with van der Waals surface area (Å²) in [5, 5.41) is 2.80. The lowest BCUT2D eigenvalue weighted by Crippen LogP contribution is -2.34. The van der Waals surface area contributed by atoms with Crippen LogP contribution < -0.4 is 5.32 Å². The first kappa shape index (κ1) is 18.5. The van der Waals surface area contributed by atoms with Gasteiger partial charge in [0.05, 0.1) is 0 Å². The smallest absolute Gasteiger partial charge is 0.407 e. The number of hydrogen-bond donors (Lipinski definition) is 1. The predicted octanol–water partition coefficient (Wildman–Crippen LogP) is 4.20. The van der Waals surface area contributed by atoms with Gasteiger partial charge in [-0.05, 0) is 29.8 Å². The van der Waals surface area contributed by atoms with Crippen LogP contribution in [0.1, 0.15) is 18.1 Å². The van der Waals surface area contributed by atoms with Crippen molar-refractivity contribution in [2.45, 2.75) is 20.1 Å². The number of hydrogen-bond acceptors (Lipinski definition) is 3. The number of rotatable bonds is 8. The Hall–Kier alpha value is -1.85. The van der Waals surface area contributed by atoms with E-state index in [1.807, 2.05) is 42.5 Å². The van der Waals surface area contributed by atoms with E-state index < -0.39 is 0 Å². The average molecular weight is 391 g/mol. The Morgan fingerprint density at radius 2 is 1.88 bits per heavy atom. The number of halogens is 1. The Labute approximate surface area is 151 Å². The van der Waals surface area contributed by atoms with E-state index in [2.05, 4.69) is 45.2 Å². The van der Waals surface area contributed by atoms with Crippen LogP contribution in [-0.4, -0.2) is 30.6 Å². The van der Waals surface area contributed by atoms with Gasteiger partial charge in [0.15, 0.2) is 0 Å². The summed E-state index contributed by atoms with van der Waals surface area (Å²) in [6.45, 7) is 5.54. The molecule has 0 radical (unpaired) electrons. The van der Waals surface area contributed by atoms with E-state index in [9.17, 15) is 4.79 Å². The van der Waals surface area contributed by atoms with E-state index in [1.54, 1.807) is 0 Å². The van der Waals surface area contributed by atoms with E-state index in [-0.39, 0.29) is 6.09 Å². The van der Waals surface area contributed by atoms with E-state index in [0.29, 0.717) is 13.2 Å². The molecule has 0 spiro atoms. The van der Waals surface area contributed by atoms with E-state index >= 15 is 0 Å². The van der Waals surface area contributed by atoms with Crippen molar-refractivity contribution in [2.75, 3.05) is 19.6 Å². The lowest BCUT2D eigenvalue weighted by atomic mass is 10.2. The molecule has 2 rings (SSSR count). The molecular weight excluding hydrogens is 368 g/mol. The number of nitrogens with zero attached hydrogens (tertiary/aromatic N) is 1. The predicted molar refractivity (Wildman–Crippen MR) is 99.7 cm³/mol. The lowest BCUT2D eigenvalue weighted by Gasteiger charge is -2.20. The maximum Gasteiger partial charge on any atom is 0.407 e. The summed E-state index contributed by atoms with van der Waals surface area (Å²) >= 11 is 3.49. The molecule has 0 aliphatic carbocycles. The van der Waals surface area contributed by atoms with Gasteiger partial charge in [-0.3, -0.25) is 4.90 Å². The van der Waals surface area contributed by atoms with Crippen LogP contribution in [-0.2, 0) is 17.9 Å². The zero-order valence-corrected chi connectivity index (χ0v) is 15.5. The van der Waals surface area contributed by atoms with Crippen molar-refractivity contribution in [3.63, 3.8) is 0 Å². The van der Waals surface area contributed by atoms with Gasteiger partial charge < -0.3 is 10.1 Å². The van der Waals surface area contributed by atoms with Gasteiger partial charge in [-0.15, -0.1) is 0 Å². The molecule has 2 aromatic rings. The molecular formula is C19H23BrN2O2.